The summed E-state index contributed by atoms with van der Waals surface area (Å²) in [5.41, 5.74) is 1.66. The first-order valence-electron chi connectivity index (χ1n) is 7.19. The topological polar surface area (TPSA) is 28.3 Å². The fourth-order valence-electron chi connectivity index (χ4n) is 2.24. The largest absolute Gasteiger partial charge is 0.493 e. The molecule has 0 saturated heterocycles. The van der Waals surface area contributed by atoms with Crippen LogP contribution in [0.25, 0.3) is 10.9 Å². The molecule has 0 aliphatic carbocycles. The van der Waals surface area contributed by atoms with Gasteiger partial charge in [0.2, 0.25) is 0 Å². The molecule has 20 heavy (non-hydrogen) atoms. The minimum atomic E-state index is -0.223. The molecule has 0 saturated carbocycles. The number of hydrogen-bond donors (Lipinski definition) is 1. The summed E-state index contributed by atoms with van der Waals surface area (Å²) >= 11 is 0. The fourth-order valence-corrected chi connectivity index (χ4v) is 2.24. The highest BCUT2D eigenvalue weighted by Crippen LogP contribution is 2.31. The van der Waals surface area contributed by atoms with E-state index in [1.54, 1.807) is 6.07 Å². The van der Waals surface area contributed by atoms with Gasteiger partial charge in [-0.15, -0.1) is 0 Å². The quantitative estimate of drug-likeness (QED) is 0.784. The van der Waals surface area contributed by atoms with Crippen LogP contribution in [0.3, 0.4) is 0 Å². The van der Waals surface area contributed by atoms with Gasteiger partial charge in [0.15, 0.2) is 0 Å². The number of aromatic nitrogens is 1. The summed E-state index contributed by atoms with van der Waals surface area (Å²) < 4.78 is 19.7. The lowest BCUT2D eigenvalue weighted by Crippen LogP contribution is -2.14. The third-order valence-electron chi connectivity index (χ3n) is 3.41. The molecular weight excluding hydrogens is 255 g/mol. The predicted octanol–water partition coefficient (Wildman–Crippen LogP) is 3.59. The molecule has 0 bridgehead atoms. The van der Waals surface area contributed by atoms with Crippen LogP contribution in [-0.4, -0.2) is 37.1 Å². The van der Waals surface area contributed by atoms with E-state index in [0.29, 0.717) is 12.1 Å². The Balaban J connectivity index is 2.30. The van der Waals surface area contributed by atoms with Gasteiger partial charge in [0, 0.05) is 18.1 Å². The highest BCUT2D eigenvalue weighted by molar-refractivity contribution is 5.89. The minimum absolute atomic E-state index is 0.223. The van der Waals surface area contributed by atoms with E-state index in [0.717, 1.165) is 42.5 Å². The number of halogens is 1. The number of rotatable bonds is 7. The molecule has 110 valence electrons. The van der Waals surface area contributed by atoms with Crippen molar-refractivity contribution in [3.63, 3.8) is 0 Å². The number of aromatic amines is 1. The Morgan fingerprint density at radius 3 is 2.80 bits per heavy atom. The molecule has 1 aromatic heterocycles. The molecule has 0 unspecified atom stereocenters. The Labute approximate surface area is 119 Å². The van der Waals surface area contributed by atoms with E-state index in [1.807, 2.05) is 20.3 Å². The van der Waals surface area contributed by atoms with Crippen LogP contribution >= 0.6 is 0 Å². The predicted molar refractivity (Wildman–Crippen MR) is 80.9 cm³/mol. The number of unbranched alkanes of at least 4 members (excludes halogenated alkanes) is 1. The molecule has 4 heteroatoms. The van der Waals surface area contributed by atoms with Crippen LogP contribution in [0.5, 0.6) is 5.75 Å². The maximum atomic E-state index is 13.9. The van der Waals surface area contributed by atoms with Gasteiger partial charge in [0.05, 0.1) is 12.1 Å². The van der Waals surface area contributed by atoms with E-state index < -0.39 is 0 Å². The van der Waals surface area contributed by atoms with Crippen molar-refractivity contribution in [1.29, 1.82) is 0 Å². The average molecular weight is 278 g/mol. The van der Waals surface area contributed by atoms with E-state index in [-0.39, 0.29) is 5.82 Å². The maximum Gasteiger partial charge on any atom is 0.147 e. The van der Waals surface area contributed by atoms with Crippen molar-refractivity contribution in [2.45, 2.75) is 26.2 Å². The van der Waals surface area contributed by atoms with Crippen LogP contribution < -0.4 is 4.74 Å². The van der Waals surface area contributed by atoms with E-state index in [1.165, 1.54) is 6.07 Å². The molecule has 1 N–H and O–H groups in total. The third-order valence-corrected chi connectivity index (χ3v) is 3.41. The van der Waals surface area contributed by atoms with Crippen LogP contribution in [0.15, 0.2) is 18.3 Å². The zero-order valence-corrected chi connectivity index (χ0v) is 12.5. The summed E-state index contributed by atoms with van der Waals surface area (Å²) in [6, 6.07) is 3.20. The second-order valence-electron chi connectivity index (χ2n) is 5.36. The SMILES string of the molecule is CCCCOc1ccc(F)c2[nH]cc(CCN(C)C)c12. The van der Waals surface area contributed by atoms with Gasteiger partial charge in [0.1, 0.15) is 11.6 Å². The number of benzene rings is 1. The van der Waals surface area contributed by atoms with Crippen LogP contribution in [0.2, 0.25) is 0 Å². The summed E-state index contributed by atoms with van der Waals surface area (Å²) in [7, 11) is 4.07. The van der Waals surface area contributed by atoms with Crippen molar-refractivity contribution in [3.05, 3.63) is 29.7 Å². The van der Waals surface area contributed by atoms with Crippen molar-refractivity contribution >= 4 is 10.9 Å². The van der Waals surface area contributed by atoms with Gasteiger partial charge < -0.3 is 14.6 Å². The molecule has 1 aromatic carbocycles. The van der Waals surface area contributed by atoms with Gasteiger partial charge >= 0.3 is 0 Å². The highest BCUT2D eigenvalue weighted by atomic mass is 19.1. The lowest BCUT2D eigenvalue weighted by Gasteiger charge is -2.11. The highest BCUT2D eigenvalue weighted by Gasteiger charge is 2.13. The molecule has 2 aromatic rings. The first kappa shape index (κ1) is 14.9. The second kappa shape index (κ2) is 6.75. The molecule has 0 radical (unpaired) electrons. The molecule has 1 heterocycles. The van der Waals surface area contributed by atoms with Crippen molar-refractivity contribution in [2.24, 2.45) is 0 Å². The average Bonchev–Trinajstić information content (AvgIpc) is 2.84. The monoisotopic (exact) mass is 278 g/mol. The Hall–Kier alpha value is -1.55. The Bertz CT molecular complexity index is 563. The number of nitrogens with zero attached hydrogens (tertiary/aromatic N) is 1. The molecule has 0 aliphatic rings. The number of likely N-dealkylation sites (N-methyl/N-ethyl adjacent to an activating group) is 1. The molecule has 0 aliphatic heterocycles. The number of ether oxygens (including phenoxy) is 1. The van der Waals surface area contributed by atoms with Gasteiger partial charge in [-0.2, -0.15) is 0 Å². The van der Waals surface area contributed by atoms with Crippen LogP contribution in [0, 0.1) is 5.82 Å². The van der Waals surface area contributed by atoms with Crippen LogP contribution in [0.1, 0.15) is 25.3 Å². The normalized spacial score (nSPS) is 11.4. The van der Waals surface area contributed by atoms with Gasteiger partial charge in [-0.3, -0.25) is 0 Å². The van der Waals surface area contributed by atoms with Crippen molar-refractivity contribution in [2.75, 3.05) is 27.2 Å². The zero-order chi connectivity index (χ0) is 14.5. The molecule has 0 fully saturated rings. The van der Waals surface area contributed by atoms with Gasteiger partial charge in [-0.25, -0.2) is 4.39 Å². The molecule has 0 amide bonds. The molecule has 0 atom stereocenters. The van der Waals surface area contributed by atoms with E-state index in [9.17, 15) is 4.39 Å². The minimum Gasteiger partial charge on any atom is -0.493 e. The Morgan fingerprint density at radius 1 is 1.30 bits per heavy atom. The van der Waals surface area contributed by atoms with Crippen molar-refractivity contribution in [1.82, 2.24) is 9.88 Å². The lowest BCUT2D eigenvalue weighted by molar-refractivity contribution is 0.312. The van der Waals surface area contributed by atoms with Crippen LogP contribution in [-0.2, 0) is 6.42 Å². The van der Waals surface area contributed by atoms with Crippen molar-refractivity contribution in [3.8, 4) is 5.75 Å². The molecule has 0 spiro atoms. The summed E-state index contributed by atoms with van der Waals surface area (Å²) in [6.07, 6.45) is 4.87. The summed E-state index contributed by atoms with van der Waals surface area (Å²) in [4.78, 5) is 5.16. The number of fused-ring (bicyclic) bond motifs is 1. The third kappa shape index (κ3) is 3.31. The van der Waals surface area contributed by atoms with Gasteiger partial charge in [-0.05, 0) is 44.6 Å². The maximum absolute atomic E-state index is 13.9. The summed E-state index contributed by atoms with van der Waals surface area (Å²) in [5.74, 6) is 0.559. The molecule has 3 nitrogen and oxygen atoms in total. The summed E-state index contributed by atoms with van der Waals surface area (Å²) in [6.45, 7) is 3.73. The Kier molecular flexibility index (Phi) is 5.01. The smallest absolute Gasteiger partial charge is 0.147 e. The summed E-state index contributed by atoms with van der Waals surface area (Å²) in [5, 5.41) is 0.892. The first-order chi connectivity index (χ1) is 9.63. The molecule has 2 rings (SSSR count). The first-order valence-corrected chi connectivity index (χ1v) is 7.19. The van der Waals surface area contributed by atoms with E-state index in [2.05, 4.69) is 16.8 Å². The zero-order valence-electron chi connectivity index (χ0n) is 12.5. The standard InChI is InChI=1S/C16H23FN2O/c1-4-5-10-20-14-7-6-13(17)16-15(14)12(11-18-16)8-9-19(2)3/h6-7,11,18H,4-5,8-10H2,1-3H3. The second-order valence-corrected chi connectivity index (χ2v) is 5.36. The van der Waals surface area contributed by atoms with Gasteiger partial charge in [0.25, 0.3) is 0 Å². The lowest BCUT2D eigenvalue weighted by atomic mass is 10.1. The van der Waals surface area contributed by atoms with E-state index >= 15 is 0 Å². The number of H-pyrrole nitrogens is 1. The fraction of sp³-hybridized carbons (Fsp3) is 0.500. The number of hydrogen-bond acceptors (Lipinski definition) is 2. The van der Waals surface area contributed by atoms with Crippen molar-refractivity contribution < 1.29 is 9.13 Å². The van der Waals surface area contributed by atoms with Crippen LogP contribution in [0.4, 0.5) is 4.39 Å². The van der Waals surface area contributed by atoms with Gasteiger partial charge in [-0.1, -0.05) is 13.3 Å². The number of nitrogens with one attached hydrogen (secondary N) is 1. The molecular formula is C16H23FN2O. The van der Waals surface area contributed by atoms with E-state index in [4.69, 9.17) is 4.74 Å². The Morgan fingerprint density at radius 2 is 2.10 bits per heavy atom.